The Kier molecular flexibility index (Phi) is 4.91. The number of hydrogen-bond donors (Lipinski definition) is 2. The molecule has 3 N–H and O–H groups in total. The van der Waals surface area contributed by atoms with Gasteiger partial charge in [0.25, 0.3) is 0 Å². The number of carbonyl (C=O) groups is 1. The molecule has 1 heterocycles. The van der Waals surface area contributed by atoms with Crippen LogP contribution in [0.3, 0.4) is 0 Å². The van der Waals surface area contributed by atoms with E-state index in [1.54, 1.807) is 7.11 Å². The lowest BCUT2D eigenvalue weighted by Gasteiger charge is -2.50. The molecule has 0 aromatic heterocycles. The average Bonchev–Trinajstić information content (AvgIpc) is 2.14. The number of nitrogens with zero attached hydrogens (tertiary/aromatic N) is 1. The number of amides is 1. The van der Waals surface area contributed by atoms with E-state index in [-0.39, 0.29) is 17.5 Å². The summed E-state index contributed by atoms with van der Waals surface area (Å²) in [5.41, 5.74) is 6.05. The van der Waals surface area contributed by atoms with Gasteiger partial charge in [-0.05, 0) is 12.8 Å². The second-order valence-electron chi connectivity index (χ2n) is 5.46. The van der Waals surface area contributed by atoms with Crippen LogP contribution < -0.4 is 11.1 Å². The summed E-state index contributed by atoms with van der Waals surface area (Å²) in [5, 5.41) is 2.89. The summed E-state index contributed by atoms with van der Waals surface area (Å²) in [6, 6.07) is 0.0570. The van der Waals surface area contributed by atoms with E-state index in [0.717, 1.165) is 13.1 Å². The van der Waals surface area contributed by atoms with Crippen LogP contribution >= 0.6 is 0 Å². The van der Waals surface area contributed by atoms with Gasteiger partial charge < -0.3 is 15.8 Å². The highest BCUT2D eigenvalue weighted by molar-refractivity contribution is 5.78. The van der Waals surface area contributed by atoms with Crippen molar-refractivity contribution in [2.75, 3.05) is 33.4 Å². The molecule has 1 fully saturated rings. The standard InChI is InChI=1S/C12H25N3O2/c1-9(2)12(13)7-15(8-12)5-11(16)14-10(3)6-17-4/h9-10H,5-8,13H2,1-4H3,(H,14,16). The topological polar surface area (TPSA) is 67.6 Å². The van der Waals surface area contributed by atoms with E-state index in [1.807, 2.05) is 6.92 Å². The number of hydrogen-bond acceptors (Lipinski definition) is 4. The zero-order valence-electron chi connectivity index (χ0n) is 11.3. The van der Waals surface area contributed by atoms with Gasteiger partial charge in [0.2, 0.25) is 5.91 Å². The second kappa shape index (κ2) is 5.80. The van der Waals surface area contributed by atoms with Gasteiger partial charge in [0, 0.05) is 31.8 Å². The Hall–Kier alpha value is -0.650. The average molecular weight is 243 g/mol. The second-order valence-corrected chi connectivity index (χ2v) is 5.46. The number of ether oxygens (including phenoxy) is 1. The van der Waals surface area contributed by atoms with Crippen molar-refractivity contribution in [1.82, 2.24) is 10.2 Å². The fourth-order valence-electron chi connectivity index (χ4n) is 2.08. The van der Waals surface area contributed by atoms with Gasteiger partial charge in [-0.15, -0.1) is 0 Å². The summed E-state index contributed by atoms with van der Waals surface area (Å²) in [4.78, 5) is 13.7. The summed E-state index contributed by atoms with van der Waals surface area (Å²) < 4.78 is 4.97. The molecular formula is C12H25N3O2. The molecule has 1 atom stereocenters. The number of likely N-dealkylation sites (tertiary alicyclic amines) is 1. The molecule has 1 rings (SSSR count). The fraction of sp³-hybridized carbons (Fsp3) is 0.917. The molecule has 0 saturated carbocycles. The molecule has 0 aromatic rings. The predicted octanol–water partition coefficient (Wildman–Crippen LogP) is -0.193. The Bertz CT molecular complexity index is 262. The SMILES string of the molecule is COCC(C)NC(=O)CN1CC(N)(C(C)C)C1. The molecule has 0 radical (unpaired) electrons. The highest BCUT2D eigenvalue weighted by atomic mass is 16.5. The van der Waals surface area contributed by atoms with Crippen LogP contribution in [-0.2, 0) is 9.53 Å². The molecule has 1 aliphatic rings. The van der Waals surface area contributed by atoms with Gasteiger partial charge in [-0.3, -0.25) is 9.69 Å². The van der Waals surface area contributed by atoms with Gasteiger partial charge in [0.1, 0.15) is 0 Å². The lowest BCUT2D eigenvalue weighted by molar-refractivity contribution is -0.125. The molecule has 0 bridgehead atoms. The van der Waals surface area contributed by atoms with E-state index >= 15 is 0 Å². The van der Waals surface area contributed by atoms with Gasteiger partial charge in [-0.25, -0.2) is 0 Å². The minimum absolute atomic E-state index is 0.0420. The summed E-state index contributed by atoms with van der Waals surface area (Å²) >= 11 is 0. The van der Waals surface area contributed by atoms with E-state index in [1.165, 1.54) is 0 Å². The van der Waals surface area contributed by atoms with Gasteiger partial charge in [0.15, 0.2) is 0 Å². The van der Waals surface area contributed by atoms with Crippen LogP contribution in [0.5, 0.6) is 0 Å². The van der Waals surface area contributed by atoms with Crippen molar-refractivity contribution < 1.29 is 9.53 Å². The molecule has 1 saturated heterocycles. The third kappa shape index (κ3) is 3.94. The lowest BCUT2D eigenvalue weighted by Crippen LogP contribution is -2.70. The summed E-state index contributed by atoms with van der Waals surface area (Å²) in [7, 11) is 1.63. The molecule has 1 unspecified atom stereocenters. The van der Waals surface area contributed by atoms with Crippen molar-refractivity contribution in [3.63, 3.8) is 0 Å². The zero-order valence-corrected chi connectivity index (χ0v) is 11.3. The number of methoxy groups -OCH3 is 1. The Morgan fingerprint density at radius 3 is 2.53 bits per heavy atom. The van der Waals surface area contributed by atoms with Crippen molar-refractivity contribution in [1.29, 1.82) is 0 Å². The maximum absolute atomic E-state index is 11.7. The minimum atomic E-state index is -0.113. The molecule has 0 aromatic carbocycles. The largest absolute Gasteiger partial charge is 0.383 e. The number of nitrogens with one attached hydrogen (secondary N) is 1. The van der Waals surface area contributed by atoms with E-state index in [4.69, 9.17) is 10.5 Å². The van der Waals surface area contributed by atoms with E-state index in [9.17, 15) is 4.79 Å². The van der Waals surface area contributed by atoms with Crippen LogP contribution in [-0.4, -0.2) is 55.7 Å². The van der Waals surface area contributed by atoms with Crippen LogP contribution in [0, 0.1) is 5.92 Å². The quantitative estimate of drug-likeness (QED) is 0.678. The normalized spacial score (nSPS) is 21.1. The highest BCUT2D eigenvalue weighted by Gasteiger charge is 2.42. The first-order chi connectivity index (χ1) is 7.87. The summed E-state index contributed by atoms with van der Waals surface area (Å²) in [6.45, 7) is 8.75. The zero-order chi connectivity index (χ0) is 13.1. The number of nitrogens with two attached hydrogens (primary N) is 1. The number of rotatable bonds is 6. The van der Waals surface area contributed by atoms with E-state index < -0.39 is 0 Å². The first kappa shape index (κ1) is 14.4. The van der Waals surface area contributed by atoms with Crippen molar-refractivity contribution in [3.8, 4) is 0 Å². The Labute approximate surface area is 104 Å². The third-order valence-electron chi connectivity index (χ3n) is 3.38. The molecule has 1 aliphatic heterocycles. The molecule has 5 nitrogen and oxygen atoms in total. The molecule has 1 amide bonds. The van der Waals surface area contributed by atoms with Crippen molar-refractivity contribution in [3.05, 3.63) is 0 Å². The van der Waals surface area contributed by atoms with Gasteiger partial charge in [-0.1, -0.05) is 13.8 Å². The third-order valence-corrected chi connectivity index (χ3v) is 3.38. The highest BCUT2D eigenvalue weighted by Crippen LogP contribution is 2.25. The fourth-order valence-corrected chi connectivity index (χ4v) is 2.08. The lowest BCUT2D eigenvalue weighted by atomic mass is 9.80. The van der Waals surface area contributed by atoms with Crippen LogP contribution in [0.4, 0.5) is 0 Å². The Morgan fingerprint density at radius 2 is 2.06 bits per heavy atom. The van der Waals surface area contributed by atoms with Crippen LogP contribution in [0.15, 0.2) is 0 Å². The smallest absolute Gasteiger partial charge is 0.234 e. The first-order valence-electron chi connectivity index (χ1n) is 6.17. The predicted molar refractivity (Wildman–Crippen MR) is 67.7 cm³/mol. The monoisotopic (exact) mass is 243 g/mol. The van der Waals surface area contributed by atoms with Crippen LogP contribution in [0.25, 0.3) is 0 Å². The molecule has 0 aliphatic carbocycles. The van der Waals surface area contributed by atoms with Crippen LogP contribution in [0.1, 0.15) is 20.8 Å². The van der Waals surface area contributed by atoms with Crippen molar-refractivity contribution in [2.45, 2.75) is 32.4 Å². The Balaban J connectivity index is 2.22. The molecule has 5 heteroatoms. The summed E-state index contributed by atoms with van der Waals surface area (Å²) in [5.74, 6) is 0.495. The van der Waals surface area contributed by atoms with Crippen molar-refractivity contribution in [2.24, 2.45) is 11.7 Å². The Morgan fingerprint density at radius 1 is 1.47 bits per heavy atom. The molecule has 17 heavy (non-hydrogen) atoms. The van der Waals surface area contributed by atoms with Crippen LogP contribution in [0.2, 0.25) is 0 Å². The first-order valence-corrected chi connectivity index (χ1v) is 6.17. The van der Waals surface area contributed by atoms with Gasteiger partial charge in [-0.2, -0.15) is 0 Å². The van der Waals surface area contributed by atoms with Gasteiger partial charge >= 0.3 is 0 Å². The van der Waals surface area contributed by atoms with Gasteiger partial charge in [0.05, 0.1) is 13.2 Å². The van der Waals surface area contributed by atoms with E-state index in [0.29, 0.717) is 19.1 Å². The van der Waals surface area contributed by atoms with Crippen molar-refractivity contribution >= 4 is 5.91 Å². The molecule has 100 valence electrons. The minimum Gasteiger partial charge on any atom is -0.383 e. The maximum Gasteiger partial charge on any atom is 0.234 e. The maximum atomic E-state index is 11.7. The molecular weight excluding hydrogens is 218 g/mol. The number of carbonyl (C=O) groups excluding carboxylic acids is 1. The molecule has 0 spiro atoms. The van der Waals surface area contributed by atoms with E-state index in [2.05, 4.69) is 24.1 Å². The summed E-state index contributed by atoms with van der Waals surface area (Å²) in [6.07, 6.45) is 0.